The van der Waals surface area contributed by atoms with Gasteiger partial charge in [-0.1, -0.05) is 41.1 Å². The molecule has 0 unspecified atom stereocenters. The Morgan fingerprint density at radius 3 is 2.70 bits per heavy atom. The number of nitrogens with zero attached hydrogens (tertiary/aromatic N) is 3. The van der Waals surface area contributed by atoms with E-state index >= 15 is 0 Å². The lowest BCUT2D eigenvalue weighted by Gasteiger charge is -2.08. The zero-order valence-corrected chi connectivity index (χ0v) is 13.1. The molecule has 3 aromatic rings. The fourth-order valence-electron chi connectivity index (χ4n) is 2.12. The molecule has 1 aromatic heterocycles. The molecule has 23 heavy (non-hydrogen) atoms. The van der Waals surface area contributed by atoms with Crippen LogP contribution in [0.3, 0.4) is 0 Å². The second kappa shape index (κ2) is 6.10. The number of para-hydroxylation sites is 1. The first-order chi connectivity index (χ1) is 11.1. The second-order valence-electron chi connectivity index (χ2n) is 4.98. The zero-order valence-electron chi connectivity index (χ0n) is 12.3. The van der Waals surface area contributed by atoms with Crippen LogP contribution in [0.25, 0.3) is 5.69 Å². The zero-order chi connectivity index (χ0) is 16.4. The van der Waals surface area contributed by atoms with E-state index in [-0.39, 0.29) is 11.5 Å². The van der Waals surface area contributed by atoms with Crippen LogP contribution in [0.4, 0.5) is 11.5 Å². The molecule has 0 fully saturated rings. The molecule has 0 saturated carbocycles. The fraction of sp³-hybridized carbons (Fsp3) is 0.0625. The predicted octanol–water partition coefficient (Wildman–Crippen LogP) is 3.06. The van der Waals surface area contributed by atoms with E-state index in [1.807, 2.05) is 43.3 Å². The van der Waals surface area contributed by atoms with Crippen molar-refractivity contribution in [2.24, 2.45) is 0 Å². The molecule has 3 N–H and O–H groups in total. The van der Waals surface area contributed by atoms with Crippen LogP contribution in [0.15, 0.2) is 48.5 Å². The fourth-order valence-corrected chi connectivity index (χ4v) is 2.29. The molecule has 6 nitrogen and oxygen atoms in total. The SMILES string of the molecule is Cc1ccc(Cl)cc1NC(=O)c1nnn(-c2ccccc2)c1N. The van der Waals surface area contributed by atoms with Crippen LogP contribution in [0, 0.1) is 6.92 Å². The lowest BCUT2D eigenvalue weighted by Crippen LogP contribution is -2.15. The number of nitrogen functional groups attached to an aromatic ring is 1. The number of nitrogens with one attached hydrogen (secondary N) is 1. The van der Waals surface area contributed by atoms with Crippen LogP contribution in [-0.4, -0.2) is 20.9 Å². The molecule has 0 radical (unpaired) electrons. The van der Waals surface area contributed by atoms with Gasteiger partial charge in [-0.2, -0.15) is 4.68 Å². The highest BCUT2D eigenvalue weighted by molar-refractivity contribution is 6.31. The summed E-state index contributed by atoms with van der Waals surface area (Å²) in [6.07, 6.45) is 0. The van der Waals surface area contributed by atoms with Gasteiger partial charge in [-0.3, -0.25) is 4.79 Å². The Kier molecular flexibility index (Phi) is 3.99. The van der Waals surface area contributed by atoms with Gasteiger partial charge in [0, 0.05) is 10.7 Å². The van der Waals surface area contributed by atoms with E-state index in [9.17, 15) is 4.79 Å². The van der Waals surface area contributed by atoms with Gasteiger partial charge in [0.1, 0.15) is 0 Å². The Hall–Kier alpha value is -2.86. The number of benzene rings is 2. The molecule has 0 aliphatic rings. The monoisotopic (exact) mass is 327 g/mol. The number of carbonyl (C=O) groups excluding carboxylic acids is 1. The molecule has 7 heteroatoms. The topological polar surface area (TPSA) is 85.8 Å². The smallest absolute Gasteiger partial charge is 0.280 e. The highest BCUT2D eigenvalue weighted by Gasteiger charge is 2.19. The van der Waals surface area contributed by atoms with Crippen LogP contribution >= 0.6 is 11.6 Å². The van der Waals surface area contributed by atoms with Crippen LogP contribution in [-0.2, 0) is 0 Å². The molecule has 0 atom stereocenters. The number of aromatic nitrogens is 3. The molecule has 0 spiro atoms. The quantitative estimate of drug-likeness (QED) is 0.774. The minimum Gasteiger partial charge on any atom is -0.382 e. The van der Waals surface area contributed by atoms with Gasteiger partial charge in [0.25, 0.3) is 5.91 Å². The molecule has 0 bridgehead atoms. The van der Waals surface area contributed by atoms with Gasteiger partial charge >= 0.3 is 0 Å². The summed E-state index contributed by atoms with van der Waals surface area (Å²) in [7, 11) is 0. The average molecular weight is 328 g/mol. The normalized spacial score (nSPS) is 10.5. The summed E-state index contributed by atoms with van der Waals surface area (Å²) < 4.78 is 1.42. The van der Waals surface area contributed by atoms with Crippen molar-refractivity contribution in [1.82, 2.24) is 15.0 Å². The molecule has 2 aromatic carbocycles. The summed E-state index contributed by atoms with van der Waals surface area (Å²) in [4.78, 5) is 12.4. The maximum atomic E-state index is 12.4. The second-order valence-corrected chi connectivity index (χ2v) is 5.42. The third-order valence-corrected chi connectivity index (χ3v) is 3.60. The molecule has 3 rings (SSSR count). The Morgan fingerprint density at radius 1 is 1.22 bits per heavy atom. The molecular weight excluding hydrogens is 314 g/mol. The summed E-state index contributed by atoms with van der Waals surface area (Å²) in [5.74, 6) is -0.261. The van der Waals surface area contributed by atoms with Crippen molar-refractivity contribution in [1.29, 1.82) is 0 Å². The summed E-state index contributed by atoms with van der Waals surface area (Å²) >= 11 is 5.95. The third kappa shape index (κ3) is 3.02. The van der Waals surface area contributed by atoms with Gasteiger partial charge in [-0.05, 0) is 36.8 Å². The van der Waals surface area contributed by atoms with Crippen molar-refractivity contribution < 1.29 is 4.79 Å². The Labute approximate surface area is 137 Å². The number of anilines is 2. The lowest BCUT2D eigenvalue weighted by atomic mass is 10.2. The predicted molar refractivity (Wildman–Crippen MR) is 89.9 cm³/mol. The number of amides is 1. The Morgan fingerprint density at radius 2 is 1.96 bits per heavy atom. The number of aryl methyl sites for hydroxylation is 1. The van der Waals surface area contributed by atoms with Crippen molar-refractivity contribution in [3.8, 4) is 5.69 Å². The van der Waals surface area contributed by atoms with E-state index in [0.29, 0.717) is 10.7 Å². The van der Waals surface area contributed by atoms with Gasteiger partial charge in [-0.25, -0.2) is 0 Å². The van der Waals surface area contributed by atoms with E-state index in [2.05, 4.69) is 15.6 Å². The van der Waals surface area contributed by atoms with Crippen LogP contribution in [0.1, 0.15) is 16.1 Å². The maximum Gasteiger partial charge on any atom is 0.280 e. The van der Waals surface area contributed by atoms with Crippen molar-refractivity contribution in [2.45, 2.75) is 6.92 Å². The number of nitrogens with two attached hydrogens (primary N) is 1. The molecule has 0 aliphatic heterocycles. The molecule has 116 valence electrons. The summed E-state index contributed by atoms with van der Waals surface area (Å²) in [5, 5.41) is 11.1. The minimum absolute atomic E-state index is 0.0632. The van der Waals surface area contributed by atoms with Gasteiger partial charge in [0.05, 0.1) is 5.69 Å². The van der Waals surface area contributed by atoms with Crippen molar-refractivity contribution in [2.75, 3.05) is 11.1 Å². The van der Waals surface area contributed by atoms with Crippen molar-refractivity contribution in [3.05, 3.63) is 64.8 Å². The minimum atomic E-state index is -0.435. The first kappa shape index (κ1) is 15.1. The number of halogens is 1. The largest absolute Gasteiger partial charge is 0.382 e. The van der Waals surface area contributed by atoms with E-state index in [4.69, 9.17) is 17.3 Å². The number of carbonyl (C=O) groups is 1. The molecular formula is C16H14ClN5O. The highest BCUT2D eigenvalue weighted by Crippen LogP contribution is 2.22. The summed E-state index contributed by atoms with van der Waals surface area (Å²) in [5.41, 5.74) is 8.30. The van der Waals surface area contributed by atoms with Gasteiger partial charge in [0.15, 0.2) is 11.5 Å². The van der Waals surface area contributed by atoms with Crippen molar-refractivity contribution in [3.63, 3.8) is 0 Å². The Balaban J connectivity index is 1.89. The molecule has 1 heterocycles. The van der Waals surface area contributed by atoms with E-state index in [1.54, 1.807) is 12.1 Å². The highest BCUT2D eigenvalue weighted by atomic mass is 35.5. The maximum absolute atomic E-state index is 12.4. The lowest BCUT2D eigenvalue weighted by molar-refractivity contribution is 0.102. The molecule has 0 aliphatic carbocycles. The van der Waals surface area contributed by atoms with Crippen molar-refractivity contribution >= 4 is 29.0 Å². The first-order valence-electron chi connectivity index (χ1n) is 6.90. The average Bonchev–Trinajstić information content (AvgIpc) is 2.93. The third-order valence-electron chi connectivity index (χ3n) is 3.37. The Bertz CT molecular complexity index is 860. The van der Waals surface area contributed by atoms with E-state index in [1.165, 1.54) is 4.68 Å². The molecule has 0 saturated heterocycles. The number of hydrogen-bond acceptors (Lipinski definition) is 4. The number of hydrogen-bond donors (Lipinski definition) is 2. The number of rotatable bonds is 3. The van der Waals surface area contributed by atoms with Gasteiger partial charge in [-0.15, -0.1) is 5.10 Å². The molecule has 1 amide bonds. The standard InChI is InChI=1S/C16H14ClN5O/c1-10-7-8-11(17)9-13(10)19-16(23)14-15(18)22(21-20-14)12-5-3-2-4-6-12/h2-9H,18H2,1H3,(H,19,23). The van der Waals surface area contributed by atoms with Crippen LogP contribution in [0.5, 0.6) is 0 Å². The summed E-state index contributed by atoms with van der Waals surface area (Å²) in [6, 6.07) is 14.5. The van der Waals surface area contributed by atoms with Gasteiger partial charge in [0.2, 0.25) is 0 Å². The van der Waals surface area contributed by atoms with Crippen LogP contribution < -0.4 is 11.1 Å². The van der Waals surface area contributed by atoms with Gasteiger partial charge < -0.3 is 11.1 Å². The van der Waals surface area contributed by atoms with E-state index in [0.717, 1.165) is 11.3 Å². The van der Waals surface area contributed by atoms with E-state index < -0.39 is 5.91 Å². The first-order valence-corrected chi connectivity index (χ1v) is 7.28. The summed E-state index contributed by atoms with van der Waals surface area (Å²) in [6.45, 7) is 1.87. The van der Waals surface area contributed by atoms with Crippen LogP contribution in [0.2, 0.25) is 5.02 Å².